The minimum atomic E-state index is -3.31. The topological polar surface area (TPSA) is 179 Å². The van der Waals surface area contributed by atoms with E-state index in [4.69, 9.17) is 4.74 Å². The number of aromatic hydroxyl groups is 2. The van der Waals surface area contributed by atoms with Crippen molar-refractivity contribution in [3.8, 4) is 17.2 Å². The van der Waals surface area contributed by atoms with E-state index in [9.17, 15) is 38.1 Å². The molecule has 5 N–H and O–H groups in total. The molecule has 2 heterocycles. The standard InChI is InChI=1S/C28H28N2O9S/c1-12-24(34)22(14(3)31)26-23(25(12)35)28(4)20(39-26)9-18(32)21(27(28)36)13(2)29-15-5-7-16(8-6-15)30-17-10-40(37,38)11-19(17)33/h5-9,17,19,29-30,33-35H,10-11H2,1-4H3. The number of ketones is 3. The second-order valence-corrected chi connectivity index (χ2v) is 12.6. The van der Waals surface area contributed by atoms with Crippen molar-refractivity contribution in [1.82, 2.24) is 0 Å². The van der Waals surface area contributed by atoms with E-state index in [1.165, 1.54) is 20.8 Å². The molecule has 2 aliphatic heterocycles. The minimum Gasteiger partial charge on any atom is -0.507 e. The fraction of sp³-hybridized carbons (Fsp3) is 0.321. The van der Waals surface area contributed by atoms with Crippen LogP contribution in [-0.4, -0.2) is 64.7 Å². The fourth-order valence-electron chi connectivity index (χ4n) is 5.47. The number of aliphatic hydroxyl groups excluding tert-OH is 1. The molecular formula is C28H28N2O9S. The Bertz CT molecular complexity index is 1670. The summed E-state index contributed by atoms with van der Waals surface area (Å²) in [6.45, 7) is 5.68. The predicted octanol–water partition coefficient (Wildman–Crippen LogP) is 2.25. The van der Waals surface area contributed by atoms with Gasteiger partial charge in [-0.15, -0.1) is 0 Å². The summed E-state index contributed by atoms with van der Waals surface area (Å²) in [7, 11) is -3.31. The number of fused-ring (bicyclic) bond motifs is 3. The molecule has 210 valence electrons. The molecule has 0 saturated carbocycles. The summed E-state index contributed by atoms with van der Waals surface area (Å²) in [5, 5.41) is 37.5. The smallest absolute Gasteiger partial charge is 0.194 e. The van der Waals surface area contributed by atoms with Gasteiger partial charge in [0.15, 0.2) is 27.2 Å². The Balaban J connectivity index is 1.46. The van der Waals surface area contributed by atoms with Gasteiger partial charge in [-0.2, -0.15) is 0 Å². The van der Waals surface area contributed by atoms with Crippen molar-refractivity contribution in [3.05, 3.63) is 64.1 Å². The number of hydrogen-bond donors (Lipinski definition) is 5. The summed E-state index contributed by atoms with van der Waals surface area (Å²) in [5.74, 6) is -3.35. The van der Waals surface area contributed by atoms with Crippen molar-refractivity contribution in [1.29, 1.82) is 0 Å². The summed E-state index contributed by atoms with van der Waals surface area (Å²) in [5.41, 5.74) is -0.606. The SMILES string of the molecule is CC(=O)c1c(O)c(C)c(O)c2c1OC1=CC(=O)C(=C(C)Nc3ccc(NC4CS(=O)(=O)CC4O)cc3)C(=O)C12C. The zero-order chi connectivity index (χ0) is 29.3. The maximum atomic E-state index is 13.9. The molecule has 5 rings (SSSR count). The van der Waals surface area contributed by atoms with Crippen LogP contribution in [0.1, 0.15) is 42.3 Å². The fourth-order valence-corrected chi connectivity index (χ4v) is 7.21. The Hall–Kier alpha value is -4.16. The van der Waals surface area contributed by atoms with Crippen LogP contribution in [0.25, 0.3) is 0 Å². The van der Waals surface area contributed by atoms with E-state index < -0.39 is 56.2 Å². The number of ether oxygens (including phenoxy) is 1. The molecular weight excluding hydrogens is 540 g/mol. The first-order valence-electron chi connectivity index (χ1n) is 12.5. The van der Waals surface area contributed by atoms with E-state index >= 15 is 0 Å². The van der Waals surface area contributed by atoms with Gasteiger partial charge in [0.1, 0.15) is 34.0 Å². The predicted molar refractivity (Wildman–Crippen MR) is 145 cm³/mol. The summed E-state index contributed by atoms with van der Waals surface area (Å²) < 4.78 is 29.3. The van der Waals surface area contributed by atoms with Crippen LogP contribution in [0.4, 0.5) is 11.4 Å². The number of allylic oxidation sites excluding steroid dienone is 4. The van der Waals surface area contributed by atoms with Gasteiger partial charge in [0.05, 0.1) is 34.8 Å². The Morgan fingerprint density at radius 1 is 1.05 bits per heavy atom. The number of rotatable bonds is 5. The maximum absolute atomic E-state index is 13.9. The summed E-state index contributed by atoms with van der Waals surface area (Å²) in [6, 6.07) is 6.02. The number of phenols is 2. The third-order valence-corrected chi connectivity index (χ3v) is 9.37. The lowest BCUT2D eigenvalue weighted by atomic mass is 9.70. The van der Waals surface area contributed by atoms with Crippen molar-refractivity contribution >= 4 is 38.6 Å². The molecule has 40 heavy (non-hydrogen) atoms. The first-order valence-corrected chi connectivity index (χ1v) is 14.3. The van der Waals surface area contributed by atoms with E-state index in [-0.39, 0.29) is 51.0 Å². The summed E-state index contributed by atoms with van der Waals surface area (Å²) in [6.07, 6.45) is 0.131. The van der Waals surface area contributed by atoms with Crippen LogP contribution in [-0.2, 0) is 24.8 Å². The van der Waals surface area contributed by atoms with Crippen LogP contribution in [0.5, 0.6) is 17.2 Å². The number of phenolic OH excluding ortho intramolecular Hbond substituents is 2. The molecule has 0 amide bonds. The van der Waals surface area contributed by atoms with Crippen molar-refractivity contribution < 1.29 is 42.9 Å². The van der Waals surface area contributed by atoms with E-state index in [1.54, 1.807) is 31.2 Å². The lowest BCUT2D eigenvalue weighted by Crippen LogP contribution is -2.40. The zero-order valence-corrected chi connectivity index (χ0v) is 23.0. The van der Waals surface area contributed by atoms with Gasteiger partial charge < -0.3 is 30.7 Å². The number of Topliss-reactive ketones (excluding diaryl/α,β-unsaturated/α-hetero) is 2. The lowest BCUT2D eigenvalue weighted by molar-refractivity contribution is -0.123. The number of benzene rings is 2. The molecule has 1 aliphatic carbocycles. The first-order chi connectivity index (χ1) is 18.7. The van der Waals surface area contributed by atoms with E-state index in [0.29, 0.717) is 11.4 Å². The van der Waals surface area contributed by atoms with Gasteiger partial charge in [-0.1, -0.05) is 0 Å². The van der Waals surface area contributed by atoms with Gasteiger partial charge in [0, 0.05) is 28.7 Å². The molecule has 2 aromatic rings. The molecule has 11 nitrogen and oxygen atoms in total. The molecule has 0 radical (unpaired) electrons. The van der Waals surface area contributed by atoms with Crippen molar-refractivity contribution in [2.75, 3.05) is 22.1 Å². The van der Waals surface area contributed by atoms with Crippen molar-refractivity contribution in [3.63, 3.8) is 0 Å². The number of carbonyl (C=O) groups excluding carboxylic acids is 3. The Morgan fingerprint density at radius 2 is 1.68 bits per heavy atom. The summed E-state index contributed by atoms with van der Waals surface area (Å²) >= 11 is 0. The molecule has 2 aromatic carbocycles. The van der Waals surface area contributed by atoms with Gasteiger partial charge in [-0.25, -0.2) is 8.42 Å². The van der Waals surface area contributed by atoms with Crippen LogP contribution < -0.4 is 15.4 Å². The highest BCUT2D eigenvalue weighted by atomic mass is 32.2. The summed E-state index contributed by atoms with van der Waals surface area (Å²) in [4.78, 5) is 39.3. The minimum absolute atomic E-state index is 0.00796. The number of sulfone groups is 1. The van der Waals surface area contributed by atoms with Gasteiger partial charge >= 0.3 is 0 Å². The highest BCUT2D eigenvalue weighted by molar-refractivity contribution is 7.91. The normalized spacial score (nSPS) is 26.0. The zero-order valence-electron chi connectivity index (χ0n) is 22.2. The molecule has 1 fully saturated rings. The van der Waals surface area contributed by atoms with Gasteiger partial charge in [0.2, 0.25) is 0 Å². The monoisotopic (exact) mass is 568 g/mol. The van der Waals surface area contributed by atoms with Crippen molar-refractivity contribution in [2.45, 2.75) is 45.3 Å². The number of nitrogens with one attached hydrogen (secondary N) is 2. The maximum Gasteiger partial charge on any atom is 0.194 e. The average molecular weight is 569 g/mol. The van der Waals surface area contributed by atoms with Crippen molar-refractivity contribution in [2.24, 2.45) is 0 Å². The number of anilines is 2. The highest BCUT2D eigenvalue weighted by Crippen LogP contribution is 2.57. The first kappa shape index (κ1) is 27.4. The van der Waals surface area contributed by atoms with Gasteiger partial charge in [0.25, 0.3) is 0 Å². The molecule has 3 atom stereocenters. The number of aliphatic hydroxyl groups is 1. The Morgan fingerprint density at radius 3 is 2.25 bits per heavy atom. The second kappa shape index (κ2) is 9.20. The molecule has 3 unspecified atom stereocenters. The van der Waals surface area contributed by atoms with E-state index in [2.05, 4.69) is 10.6 Å². The van der Waals surface area contributed by atoms with Crippen LogP contribution in [0, 0.1) is 6.92 Å². The Labute approximate surface area is 230 Å². The molecule has 0 spiro atoms. The Kier molecular flexibility index (Phi) is 6.31. The van der Waals surface area contributed by atoms with E-state index in [1.807, 2.05) is 0 Å². The molecule has 12 heteroatoms. The third kappa shape index (κ3) is 4.14. The molecule has 1 saturated heterocycles. The van der Waals surface area contributed by atoms with Gasteiger partial charge in [-0.05, 0) is 52.0 Å². The quantitative estimate of drug-likeness (QED) is 0.203. The van der Waals surface area contributed by atoms with Crippen LogP contribution in [0.15, 0.2) is 47.4 Å². The average Bonchev–Trinajstić information content (AvgIpc) is 3.30. The number of carbonyl (C=O) groups is 3. The largest absolute Gasteiger partial charge is 0.507 e. The van der Waals surface area contributed by atoms with E-state index in [0.717, 1.165) is 6.08 Å². The highest BCUT2D eigenvalue weighted by Gasteiger charge is 2.56. The van der Waals surface area contributed by atoms with Crippen LogP contribution in [0.2, 0.25) is 0 Å². The van der Waals surface area contributed by atoms with Crippen LogP contribution in [0.3, 0.4) is 0 Å². The molecule has 0 aromatic heterocycles. The third-order valence-electron chi connectivity index (χ3n) is 7.65. The number of hydrogen-bond acceptors (Lipinski definition) is 11. The van der Waals surface area contributed by atoms with Gasteiger partial charge in [-0.3, -0.25) is 14.4 Å². The second-order valence-electron chi connectivity index (χ2n) is 10.5. The lowest BCUT2D eigenvalue weighted by Gasteiger charge is -2.29. The van der Waals surface area contributed by atoms with Crippen LogP contribution >= 0.6 is 0 Å². The molecule has 0 bridgehead atoms. The molecule has 3 aliphatic rings.